The third kappa shape index (κ3) is 19.8. The van der Waals surface area contributed by atoms with Crippen LogP contribution in [-0.4, -0.2) is 211 Å². The number of hydrogen-bond donors (Lipinski definition) is 4. The van der Waals surface area contributed by atoms with Gasteiger partial charge < -0.3 is 30.4 Å². The molecule has 0 radical (unpaired) electrons. The molecule has 0 unspecified atom stereocenters. The van der Waals surface area contributed by atoms with E-state index in [1.165, 1.54) is 23.9 Å². The van der Waals surface area contributed by atoms with Crippen molar-refractivity contribution < 1.29 is 44.1 Å². The molecular formula is C30H56N8O9. The van der Waals surface area contributed by atoms with Crippen molar-refractivity contribution in [1.29, 1.82) is 0 Å². The molecule has 47 heavy (non-hydrogen) atoms. The van der Waals surface area contributed by atoms with Gasteiger partial charge in [0.15, 0.2) is 0 Å². The molecule has 1 aliphatic rings. The molecule has 270 valence electrons. The standard InChI is InChI=1S/C30H56N8O9/c1-24(2)7-6-8-31-25(39)17-33(4)27(41)19-34(5)26(40)18-32(3)23-38-15-13-36(21-29(44)45)11-9-35(20-28(42)43)10-12-37(14-16-38)22-30(46)47/h24H,6-23H2,1-5H3,(H,31,39)(H,42,43)(H,44,45)(H,46,47). The van der Waals surface area contributed by atoms with Crippen molar-refractivity contribution in [2.75, 3.05) is 126 Å². The summed E-state index contributed by atoms with van der Waals surface area (Å²) in [6.45, 7) is 6.89. The van der Waals surface area contributed by atoms with Crippen molar-refractivity contribution in [2.45, 2.75) is 26.7 Å². The summed E-state index contributed by atoms with van der Waals surface area (Å²) >= 11 is 0. The van der Waals surface area contributed by atoms with Gasteiger partial charge in [0.05, 0.1) is 45.9 Å². The summed E-state index contributed by atoms with van der Waals surface area (Å²) < 4.78 is 0. The van der Waals surface area contributed by atoms with Gasteiger partial charge in [-0.15, -0.1) is 0 Å². The van der Waals surface area contributed by atoms with Gasteiger partial charge in [-0.2, -0.15) is 0 Å². The number of rotatable bonds is 18. The number of hydrogen-bond acceptors (Lipinski definition) is 11. The number of carbonyl (C=O) groups is 6. The Morgan fingerprint density at radius 3 is 1.40 bits per heavy atom. The van der Waals surface area contributed by atoms with Crippen LogP contribution in [0.2, 0.25) is 0 Å². The highest BCUT2D eigenvalue weighted by Gasteiger charge is 2.23. The van der Waals surface area contributed by atoms with Crippen LogP contribution in [0.3, 0.4) is 0 Å². The highest BCUT2D eigenvalue weighted by atomic mass is 16.4. The zero-order valence-corrected chi connectivity index (χ0v) is 28.7. The first-order chi connectivity index (χ1) is 22.0. The van der Waals surface area contributed by atoms with Gasteiger partial charge in [0.1, 0.15) is 0 Å². The number of likely N-dealkylation sites (N-methyl/N-ethyl adjacent to an activating group) is 3. The van der Waals surface area contributed by atoms with E-state index < -0.39 is 17.9 Å². The fourth-order valence-corrected chi connectivity index (χ4v) is 5.02. The quantitative estimate of drug-likeness (QED) is 0.115. The van der Waals surface area contributed by atoms with Crippen LogP contribution in [0, 0.1) is 5.92 Å². The van der Waals surface area contributed by atoms with Crippen molar-refractivity contribution in [1.82, 2.24) is 39.6 Å². The van der Waals surface area contributed by atoms with Crippen LogP contribution in [0.1, 0.15) is 26.7 Å². The van der Waals surface area contributed by atoms with E-state index in [9.17, 15) is 44.1 Å². The maximum absolute atomic E-state index is 13.0. The number of amides is 3. The first-order valence-electron chi connectivity index (χ1n) is 16.0. The highest BCUT2D eigenvalue weighted by molar-refractivity contribution is 5.88. The van der Waals surface area contributed by atoms with Crippen molar-refractivity contribution in [2.24, 2.45) is 5.92 Å². The lowest BCUT2D eigenvalue weighted by molar-refractivity contribution is -0.141. The Bertz CT molecular complexity index is 999. The van der Waals surface area contributed by atoms with Crippen LogP contribution < -0.4 is 5.32 Å². The largest absolute Gasteiger partial charge is 0.480 e. The minimum absolute atomic E-state index is 0.0117. The molecule has 0 saturated carbocycles. The minimum atomic E-state index is -1.02. The average Bonchev–Trinajstić information content (AvgIpc) is 2.95. The molecule has 0 aromatic rings. The lowest BCUT2D eigenvalue weighted by Gasteiger charge is -2.34. The molecule has 1 fully saturated rings. The average molecular weight is 673 g/mol. The SMILES string of the molecule is CC(C)CCCNC(=O)CN(C)C(=O)CN(C)C(=O)CN(C)CN1CCN(CC(=O)O)CCN(CC(=O)O)CCN(CC(=O)O)CC1. The van der Waals surface area contributed by atoms with Crippen molar-refractivity contribution in [3.63, 3.8) is 0 Å². The smallest absolute Gasteiger partial charge is 0.317 e. The molecule has 1 heterocycles. The minimum Gasteiger partial charge on any atom is -0.480 e. The fraction of sp³-hybridized carbons (Fsp3) is 0.800. The summed E-state index contributed by atoms with van der Waals surface area (Å²) in [6, 6.07) is 0. The van der Waals surface area contributed by atoms with Crippen molar-refractivity contribution in [3.8, 4) is 0 Å². The summed E-state index contributed by atoms with van der Waals surface area (Å²) in [5, 5.41) is 31.0. The van der Waals surface area contributed by atoms with Crippen LogP contribution in [0.25, 0.3) is 0 Å². The van der Waals surface area contributed by atoms with E-state index in [1.807, 2.05) is 4.90 Å². The Labute approximate surface area is 278 Å². The van der Waals surface area contributed by atoms with E-state index in [0.717, 1.165) is 12.8 Å². The summed E-state index contributed by atoms with van der Waals surface area (Å²) in [5.41, 5.74) is 0. The van der Waals surface area contributed by atoms with Gasteiger partial charge >= 0.3 is 17.9 Å². The summed E-state index contributed by atoms with van der Waals surface area (Å²) in [7, 11) is 4.78. The molecule has 0 aliphatic carbocycles. The van der Waals surface area contributed by atoms with E-state index in [4.69, 9.17) is 0 Å². The van der Waals surface area contributed by atoms with Crippen LogP contribution in [0.4, 0.5) is 0 Å². The molecule has 1 saturated heterocycles. The molecule has 3 amide bonds. The maximum Gasteiger partial charge on any atom is 0.317 e. The van der Waals surface area contributed by atoms with E-state index in [2.05, 4.69) is 19.2 Å². The molecule has 0 atom stereocenters. The summed E-state index contributed by atoms with van der Waals surface area (Å²) in [6.07, 6.45) is 1.85. The van der Waals surface area contributed by atoms with Gasteiger partial charge in [0.25, 0.3) is 0 Å². The van der Waals surface area contributed by atoms with Gasteiger partial charge in [0.2, 0.25) is 17.7 Å². The Morgan fingerprint density at radius 2 is 1.00 bits per heavy atom. The van der Waals surface area contributed by atoms with Gasteiger partial charge in [-0.25, -0.2) is 0 Å². The number of nitrogens with one attached hydrogen (secondary N) is 1. The van der Waals surface area contributed by atoms with Crippen LogP contribution in [0.5, 0.6) is 0 Å². The molecule has 0 bridgehead atoms. The zero-order valence-electron chi connectivity index (χ0n) is 28.7. The first-order valence-corrected chi connectivity index (χ1v) is 16.0. The van der Waals surface area contributed by atoms with E-state index in [-0.39, 0.29) is 57.0 Å². The number of carbonyl (C=O) groups excluding carboxylic acids is 3. The molecule has 0 aromatic heterocycles. The second-order valence-corrected chi connectivity index (χ2v) is 12.7. The van der Waals surface area contributed by atoms with Gasteiger partial charge in [-0.1, -0.05) is 13.8 Å². The normalized spacial score (nSPS) is 16.3. The molecule has 17 heteroatoms. The third-order valence-electron chi connectivity index (χ3n) is 7.74. The topological polar surface area (TPSA) is 198 Å². The Kier molecular flexibility index (Phi) is 19.7. The number of nitrogens with zero attached hydrogens (tertiary/aromatic N) is 7. The predicted molar refractivity (Wildman–Crippen MR) is 174 cm³/mol. The second-order valence-electron chi connectivity index (χ2n) is 12.7. The Morgan fingerprint density at radius 1 is 0.617 bits per heavy atom. The molecule has 17 nitrogen and oxygen atoms in total. The third-order valence-corrected chi connectivity index (χ3v) is 7.74. The number of aliphatic carboxylic acids is 3. The van der Waals surface area contributed by atoms with Crippen molar-refractivity contribution in [3.05, 3.63) is 0 Å². The molecule has 4 N–H and O–H groups in total. The molecule has 1 rings (SSSR count). The first kappa shape index (κ1) is 41.6. The van der Waals surface area contributed by atoms with Crippen LogP contribution in [0.15, 0.2) is 0 Å². The second kappa shape index (κ2) is 22.2. The Balaban J connectivity index is 2.78. The zero-order chi connectivity index (χ0) is 35.5. The highest BCUT2D eigenvalue weighted by Crippen LogP contribution is 2.04. The summed E-state index contributed by atoms with van der Waals surface area (Å²) in [5.74, 6) is -3.42. The van der Waals surface area contributed by atoms with E-state index >= 15 is 0 Å². The van der Waals surface area contributed by atoms with Gasteiger partial charge in [-0.05, 0) is 25.8 Å². The van der Waals surface area contributed by atoms with Crippen LogP contribution in [-0.2, 0) is 28.8 Å². The maximum atomic E-state index is 13.0. The lowest BCUT2D eigenvalue weighted by atomic mass is 10.1. The monoisotopic (exact) mass is 672 g/mol. The molecule has 1 aliphatic heterocycles. The van der Waals surface area contributed by atoms with E-state index in [0.29, 0.717) is 71.5 Å². The predicted octanol–water partition coefficient (Wildman–Crippen LogP) is -2.18. The van der Waals surface area contributed by atoms with E-state index in [1.54, 1.807) is 26.6 Å². The van der Waals surface area contributed by atoms with Gasteiger partial charge in [0, 0.05) is 73.0 Å². The Hall–Kier alpha value is -3.38. The summed E-state index contributed by atoms with van der Waals surface area (Å²) in [4.78, 5) is 83.8. The lowest BCUT2D eigenvalue weighted by Crippen LogP contribution is -2.50. The molecule has 0 aromatic carbocycles. The van der Waals surface area contributed by atoms with Crippen LogP contribution >= 0.6 is 0 Å². The van der Waals surface area contributed by atoms with Gasteiger partial charge in [-0.3, -0.25) is 53.3 Å². The van der Waals surface area contributed by atoms with Crippen molar-refractivity contribution >= 4 is 35.6 Å². The fourth-order valence-electron chi connectivity index (χ4n) is 5.02. The number of carboxylic acids is 3. The molecule has 0 spiro atoms. The molecular weight excluding hydrogens is 616 g/mol. The number of carboxylic acid groups (broad SMARTS) is 3.